The van der Waals surface area contributed by atoms with E-state index < -0.39 is 0 Å². The summed E-state index contributed by atoms with van der Waals surface area (Å²) in [6.07, 6.45) is 0. The highest BCUT2D eigenvalue weighted by Gasteiger charge is 2.15. The summed E-state index contributed by atoms with van der Waals surface area (Å²) in [6, 6.07) is 10.9. The van der Waals surface area contributed by atoms with Gasteiger partial charge in [0.25, 0.3) is 11.5 Å². The zero-order valence-electron chi connectivity index (χ0n) is 12.3. The van der Waals surface area contributed by atoms with Crippen LogP contribution >= 0.6 is 11.3 Å². The van der Waals surface area contributed by atoms with E-state index in [0.29, 0.717) is 21.6 Å². The lowest BCUT2D eigenvalue weighted by atomic mass is 10.2. The summed E-state index contributed by atoms with van der Waals surface area (Å²) in [5.74, 6) is 0.404. The molecule has 22 heavy (non-hydrogen) atoms. The minimum Gasteiger partial charge on any atom is -0.334 e. The fourth-order valence-electron chi connectivity index (χ4n) is 2.24. The number of fused-ring (bicyclic) bond motifs is 1. The molecule has 3 aromatic rings. The maximum Gasteiger partial charge on any atom is 0.264 e. The third-order valence-corrected chi connectivity index (χ3v) is 4.34. The molecule has 0 spiro atoms. The van der Waals surface area contributed by atoms with Gasteiger partial charge in [0, 0.05) is 11.9 Å². The standard InChI is InChI=1S/C16H15N3O2S/c1-10-7-8-13(22-10)16(21)19(2)9-14-17-12-6-4-3-5-11(12)15(20)18-14/h3-8H,9H2,1-2H3,(H,17,18,20). The Morgan fingerprint density at radius 1 is 1.27 bits per heavy atom. The zero-order chi connectivity index (χ0) is 15.7. The van der Waals surface area contributed by atoms with Gasteiger partial charge in [-0.15, -0.1) is 11.3 Å². The number of aromatic amines is 1. The molecule has 112 valence electrons. The molecule has 6 heteroatoms. The largest absolute Gasteiger partial charge is 0.334 e. The van der Waals surface area contributed by atoms with Gasteiger partial charge in [0.15, 0.2) is 0 Å². The van der Waals surface area contributed by atoms with E-state index in [9.17, 15) is 9.59 Å². The second kappa shape index (κ2) is 5.73. The highest BCUT2D eigenvalue weighted by Crippen LogP contribution is 2.17. The van der Waals surface area contributed by atoms with Crippen LogP contribution in [-0.2, 0) is 6.54 Å². The van der Waals surface area contributed by atoms with E-state index in [4.69, 9.17) is 0 Å². The monoisotopic (exact) mass is 313 g/mol. The lowest BCUT2D eigenvalue weighted by Gasteiger charge is -2.15. The van der Waals surface area contributed by atoms with Gasteiger partial charge < -0.3 is 9.88 Å². The maximum atomic E-state index is 12.3. The first kappa shape index (κ1) is 14.5. The number of para-hydroxylation sites is 1. The van der Waals surface area contributed by atoms with Crippen molar-refractivity contribution in [3.63, 3.8) is 0 Å². The highest BCUT2D eigenvalue weighted by atomic mass is 32.1. The molecule has 0 bridgehead atoms. The predicted molar refractivity (Wildman–Crippen MR) is 87.2 cm³/mol. The quantitative estimate of drug-likeness (QED) is 0.808. The van der Waals surface area contributed by atoms with Crippen LogP contribution in [0.1, 0.15) is 20.4 Å². The summed E-state index contributed by atoms with van der Waals surface area (Å²) in [5, 5.41) is 0.550. The van der Waals surface area contributed by atoms with E-state index >= 15 is 0 Å². The fraction of sp³-hybridized carbons (Fsp3) is 0.188. The Morgan fingerprint density at radius 2 is 2.05 bits per heavy atom. The molecule has 0 fully saturated rings. The van der Waals surface area contributed by atoms with Crippen molar-refractivity contribution in [2.24, 2.45) is 0 Å². The Bertz CT molecular complexity index is 898. The van der Waals surface area contributed by atoms with Crippen LogP contribution < -0.4 is 5.56 Å². The van der Waals surface area contributed by atoms with Gasteiger partial charge in [0.2, 0.25) is 0 Å². The smallest absolute Gasteiger partial charge is 0.264 e. The van der Waals surface area contributed by atoms with Crippen molar-refractivity contribution in [1.82, 2.24) is 14.9 Å². The summed E-state index contributed by atoms with van der Waals surface area (Å²) in [4.78, 5) is 34.8. The van der Waals surface area contributed by atoms with Gasteiger partial charge in [-0.25, -0.2) is 4.98 Å². The molecule has 5 nitrogen and oxygen atoms in total. The molecule has 0 saturated heterocycles. The summed E-state index contributed by atoms with van der Waals surface area (Å²) >= 11 is 1.46. The van der Waals surface area contributed by atoms with Crippen LogP contribution in [0.15, 0.2) is 41.2 Å². The van der Waals surface area contributed by atoms with Gasteiger partial charge in [-0.05, 0) is 31.2 Å². The molecular formula is C16H15N3O2S. The van der Waals surface area contributed by atoms with Crippen LogP contribution in [0.3, 0.4) is 0 Å². The zero-order valence-corrected chi connectivity index (χ0v) is 13.1. The van der Waals surface area contributed by atoms with Gasteiger partial charge >= 0.3 is 0 Å². The SMILES string of the molecule is Cc1ccc(C(=O)N(C)Cc2nc3ccccc3c(=O)[nH]2)s1. The van der Waals surface area contributed by atoms with Crippen LogP contribution in [0.2, 0.25) is 0 Å². The van der Waals surface area contributed by atoms with Crippen LogP contribution in [0.5, 0.6) is 0 Å². The minimum absolute atomic E-state index is 0.0751. The average molecular weight is 313 g/mol. The number of hydrogen-bond acceptors (Lipinski definition) is 4. The van der Waals surface area contributed by atoms with Gasteiger partial charge in [-0.3, -0.25) is 9.59 Å². The number of nitrogens with zero attached hydrogens (tertiary/aromatic N) is 2. The number of carbonyl (C=O) groups is 1. The molecule has 0 aliphatic carbocycles. The van der Waals surface area contributed by atoms with Crippen LogP contribution in [-0.4, -0.2) is 27.8 Å². The number of rotatable bonds is 3. The van der Waals surface area contributed by atoms with E-state index in [1.54, 1.807) is 30.1 Å². The Labute approximate surface area is 131 Å². The summed E-state index contributed by atoms with van der Waals surface area (Å²) in [5.41, 5.74) is 0.447. The molecule has 0 aliphatic rings. The van der Waals surface area contributed by atoms with Crippen molar-refractivity contribution < 1.29 is 4.79 Å². The first-order valence-corrected chi connectivity index (χ1v) is 7.66. The summed E-state index contributed by atoms with van der Waals surface area (Å²) < 4.78 is 0. The normalized spacial score (nSPS) is 10.8. The summed E-state index contributed by atoms with van der Waals surface area (Å²) in [6.45, 7) is 2.22. The second-order valence-corrected chi connectivity index (χ2v) is 6.39. The highest BCUT2D eigenvalue weighted by molar-refractivity contribution is 7.13. The number of aryl methyl sites for hydroxylation is 1. The van der Waals surface area contributed by atoms with Crippen molar-refractivity contribution in [3.05, 3.63) is 62.3 Å². The Morgan fingerprint density at radius 3 is 2.77 bits per heavy atom. The third-order valence-electron chi connectivity index (χ3n) is 3.35. The predicted octanol–water partition coefficient (Wildman–Crippen LogP) is 2.57. The average Bonchev–Trinajstić information content (AvgIpc) is 2.93. The van der Waals surface area contributed by atoms with Crippen molar-refractivity contribution in [2.45, 2.75) is 13.5 Å². The van der Waals surface area contributed by atoms with Crippen LogP contribution in [0.4, 0.5) is 0 Å². The first-order chi connectivity index (χ1) is 10.5. The minimum atomic E-state index is -0.187. The fourth-order valence-corrected chi connectivity index (χ4v) is 3.11. The van der Waals surface area contributed by atoms with Crippen LogP contribution in [0.25, 0.3) is 10.9 Å². The number of benzene rings is 1. The van der Waals surface area contributed by atoms with Crippen molar-refractivity contribution in [2.75, 3.05) is 7.05 Å². The summed E-state index contributed by atoms with van der Waals surface area (Å²) in [7, 11) is 1.70. The van der Waals surface area contributed by atoms with Gasteiger partial charge in [0.05, 0.1) is 22.3 Å². The molecule has 2 aromatic heterocycles. The lowest BCUT2D eigenvalue weighted by molar-refractivity contribution is 0.0786. The molecule has 1 N–H and O–H groups in total. The number of nitrogens with one attached hydrogen (secondary N) is 1. The van der Waals surface area contributed by atoms with E-state index in [1.165, 1.54) is 11.3 Å². The number of H-pyrrole nitrogens is 1. The van der Waals surface area contributed by atoms with Gasteiger partial charge in [-0.1, -0.05) is 12.1 Å². The topological polar surface area (TPSA) is 66.1 Å². The molecule has 0 saturated carbocycles. The molecule has 1 aromatic carbocycles. The molecule has 0 unspecified atom stereocenters. The van der Waals surface area contributed by atoms with Crippen molar-refractivity contribution >= 4 is 28.1 Å². The Balaban J connectivity index is 1.86. The number of carbonyl (C=O) groups excluding carboxylic acids is 1. The van der Waals surface area contributed by atoms with E-state index in [1.807, 2.05) is 25.1 Å². The molecule has 2 heterocycles. The molecular weight excluding hydrogens is 298 g/mol. The molecule has 0 atom stereocenters. The molecule has 1 amide bonds. The number of aromatic nitrogens is 2. The van der Waals surface area contributed by atoms with Crippen LogP contribution in [0, 0.1) is 6.92 Å². The number of hydrogen-bond donors (Lipinski definition) is 1. The Kier molecular flexibility index (Phi) is 3.77. The van der Waals surface area contributed by atoms with Gasteiger partial charge in [0.1, 0.15) is 5.82 Å². The third kappa shape index (κ3) is 2.78. The first-order valence-electron chi connectivity index (χ1n) is 6.84. The lowest BCUT2D eigenvalue weighted by Crippen LogP contribution is -2.27. The van der Waals surface area contributed by atoms with Gasteiger partial charge in [-0.2, -0.15) is 0 Å². The number of amides is 1. The number of thiophene rings is 1. The van der Waals surface area contributed by atoms with E-state index in [0.717, 1.165) is 4.88 Å². The molecule has 0 radical (unpaired) electrons. The van der Waals surface area contributed by atoms with E-state index in [2.05, 4.69) is 9.97 Å². The van der Waals surface area contributed by atoms with Crippen molar-refractivity contribution in [1.29, 1.82) is 0 Å². The second-order valence-electron chi connectivity index (χ2n) is 5.10. The maximum absolute atomic E-state index is 12.3. The Hall–Kier alpha value is -2.47. The van der Waals surface area contributed by atoms with E-state index in [-0.39, 0.29) is 18.0 Å². The van der Waals surface area contributed by atoms with Crippen molar-refractivity contribution in [3.8, 4) is 0 Å². The molecule has 0 aliphatic heterocycles. The molecule has 3 rings (SSSR count).